The van der Waals surface area contributed by atoms with Crippen molar-refractivity contribution in [2.75, 3.05) is 26.2 Å². The number of aliphatic hydroxyl groups excluding tert-OH is 1. The number of nitrogens with two attached hydrogens (primary N) is 1. The molecular weight excluding hydrogens is 208 g/mol. The zero-order chi connectivity index (χ0) is 12.4. The zero-order valence-electron chi connectivity index (χ0n) is 10.1. The molecule has 0 aliphatic carbocycles. The van der Waals surface area contributed by atoms with E-state index < -0.39 is 5.97 Å². The fourth-order valence-corrected chi connectivity index (χ4v) is 1.77. The summed E-state index contributed by atoms with van der Waals surface area (Å²) in [6, 6.07) is 0.0646. The van der Waals surface area contributed by atoms with E-state index in [4.69, 9.17) is 15.9 Å². The van der Waals surface area contributed by atoms with E-state index in [1.807, 2.05) is 0 Å². The molecule has 0 saturated heterocycles. The van der Waals surface area contributed by atoms with Gasteiger partial charge in [0.05, 0.1) is 13.2 Å². The van der Waals surface area contributed by atoms with Crippen LogP contribution < -0.4 is 5.73 Å². The quantitative estimate of drug-likeness (QED) is 0.471. The van der Waals surface area contributed by atoms with E-state index in [2.05, 4.69) is 6.92 Å². The van der Waals surface area contributed by atoms with Gasteiger partial charge in [0.15, 0.2) is 0 Å². The molecule has 0 aromatic carbocycles. The number of hydrogen-bond donors (Lipinski definition) is 3. The van der Waals surface area contributed by atoms with Crippen LogP contribution >= 0.6 is 0 Å². The summed E-state index contributed by atoms with van der Waals surface area (Å²) in [6.45, 7) is 2.86. The third kappa shape index (κ3) is 6.76. The highest BCUT2D eigenvalue weighted by Gasteiger charge is 2.18. The second-order valence-corrected chi connectivity index (χ2v) is 3.97. The van der Waals surface area contributed by atoms with E-state index in [0.29, 0.717) is 13.1 Å². The van der Waals surface area contributed by atoms with Gasteiger partial charge in [0.2, 0.25) is 0 Å². The summed E-state index contributed by atoms with van der Waals surface area (Å²) in [5.74, 6) is -0.873. The molecule has 0 bridgehead atoms. The topological polar surface area (TPSA) is 86.8 Å². The molecule has 0 aliphatic heterocycles. The summed E-state index contributed by atoms with van der Waals surface area (Å²) < 4.78 is 0. The molecule has 0 spiro atoms. The number of nitrogens with zero attached hydrogens (tertiary/aromatic N) is 1. The van der Waals surface area contributed by atoms with Gasteiger partial charge in [-0.3, -0.25) is 9.69 Å². The Morgan fingerprint density at radius 1 is 1.44 bits per heavy atom. The SMILES string of the molecule is CCCCCC(CN)N(CCO)CC(=O)O. The van der Waals surface area contributed by atoms with Gasteiger partial charge in [-0.05, 0) is 6.42 Å². The van der Waals surface area contributed by atoms with Crippen molar-refractivity contribution in [3.05, 3.63) is 0 Å². The summed E-state index contributed by atoms with van der Waals surface area (Å²) in [6.07, 6.45) is 4.23. The standard InChI is InChI=1S/C11H24N2O3/c1-2-3-4-5-10(8-12)13(6-7-14)9-11(15)16/h10,14H,2-9,12H2,1H3,(H,15,16). The lowest BCUT2D eigenvalue weighted by Crippen LogP contribution is -2.44. The molecule has 1 atom stereocenters. The van der Waals surface area contributed by atoms with Crippen LogP contribution in [0.3, 0.4) is 0 Å². The first kappa shape index (κ1) is 15.3. The lowest BCUT2D eigenvalue weighted by molar-refractivity contribution is -0.139. The Morgan fingerprint density at radius 2 is 2.12 bits per heavy atom. The maximum Gasteiger partial charge on any atom is 0.317 e. The van der Waals surface area contributed by atoms with Crippen molar-refractivity contribution in [2.24, 2.45) is 5.73 Å². The lowest BCUT2D eigenvalue weighted by Gasteiger charge is -2.28. The average Bonchev–Trinajstić information content (AvgIpc) is 2.23. The smallest absolute Gasteiger partial charge is 0.317 e. The second kappa shape index (κ2) is 9.57. The third-order valence-corrected chi connectivity index (χ3v) is 2.65. The van der Waals surface area contributed by atoms with Crippen molar-refractivity contribution >= 4 is 5.97 Å². The number of aliphatic carboxylic acids is 1. The molecule has 5 heteroatoms. The van der Waals surface area contributed by atoms with E-state index in [-0.39, 0.29) is 19.2 Å². The van der Waals surface area contributed by atoms with E-state index in [0.717, 1.165) is 25.7 Å². The average molecular weight is 232 g/mol. The van der Waals surface area contributed by atoms with Crippen molar-refractivity contribution in [1.29, 1.82) is 0 Å². The van der Waals surface area contributed by atoms with Gasteiger partial charge in [0.25, 0.3) is 0 Å². The minimum absolute atomic E-state index is 0.0302. The van der Waals surface area contributed by atoms with E-state index in [9.17, 15) is 4.79 Å². The highest BCUT2D eigenvalue weighted by atomic mass is 16.4. The maximum absolute atomic E-state index is 10.7. The minimum Gasteiger partial charge on any atom is -0.480 e. The Hall–Kier alpha value is -0.650. The van der Waals surface area contributed by atoms with Crippen LogP contribution in [0.25, 0.3) is 0 Å². The molecule has 0 heterocycles. The predicted molar refractivity (Wildman–Crippen MR) is 63.3 cm³/mol. The lowest BCUT2D eigenvalue weighted by atomic mass is 10.1. The molecule has 5 nitrogen and oxygen atoms in total. The van der Waals surface area contributed by atoms with Crippen LogP contribution in [0.5, 0.6) is 0 Å². The summed E-state index contributed by atoms with van der Waals surface area (Å²) in [4.78, 5) is 12.4. The van der Waals surface area contributed by atoms with Crippen LogP contribution in [-0.4, -0.2) is 53.4 Å². The molecule has 16 heavy (non-hydrogen) atoms. The van der Waals surface area contributed by atoms with Crippen molar-refractivity contribution in [3.8, 4) is 0 Å². The van der Waals surface area contributed by atoms with Crippen LogP contribution in [0.2, 0.25) is 0 Å². The van der Waals surface area contributed by atoms with Gasteiger partial charge < -0.3 is 15.9 Å². The van der Waals surface area contributed by atoms with Gasteiger partial charge in [-0.25, -0.2) is 0 Å². The third-order valence-electron chi connectivity index (χ3n) is 2.65. The fourth-order valence-electron chi connectivity index (χ4n) is 1.77. The van der Waals surface area contributed by atoms with Crippen molar-refractivity contribution < 1.29 is 15.0 Å². The maximum atomic E-state index is 10.7. The zero-order valence-corrected chi connectivity index (χ0v) is 10.1. The summed E-state index contributed by atoms with van der Waals surface area (Å²) in [7, 11) is 0. The van der Waals surface area contributed by atoms with E-state index in [1.165, 1.54) is 0 Å². The number of rotatable bonds is 10. The predicted octanol–water partition coefficient (Wildman–Crippen LogP) is 0.273. The first-order chi connectivity index (χ1) is 7.65. The second-order valence-electron chi connectivity index (χ2n) is 3.97. The molecular formula is C11H24N2O3. The van der Waals surface area contributed by atoms with Gasteiger partial charge in [-0.15, -0.1) is 0 Å². The normalized spacial score (nSPS) is 13.0. The molecule has 96 valence electrons. The Bertz CT molecular complexity index is 188. The molecule has 0 aromatic rings. The van der Waals surface area contributed by atoms with Crippen LogP contribution in [0.1, 0.15) is 32.6 Å². The van der Waals surface area contributed by atoms with Crippen molar-refractivity contribution in [2.45, 2.75) is 38.6 Å². The Morgan fingerprint density at radius 3 is 2.56 bits per heavy atom. The highest BCUT2D eigenvalue weighted by molar-refractivity contribution is 5.69. The Labute approximate surface area is 97.2 Å². The van der Waals surface area contributed by atoms with Crippen molar-refractivity contribution in [1.82, 2.24) is 4.90 Å². The number of carboxylic acids is 1. The largest absolute Gasteiger partial charge is 0.480 e. The van der Waals surface area contributed by atoms with Crippen LogP contribution in [0.15, 0.2) is 0 Å². The first-order valence-electron chi connectivity index (χ1n) is 5.92. The minimum atomic E-state index is -0.873. The molecule has 0 fully saturated rings. The van der Waals surface area contributed by atoms with Gasteiger partial charge in [-0.2, -0.15) is 0 Å². The van der Waals surface area contributed by atoms with Gasteiger partial charge in [-0.1, -0.05) is 26.2 Å². The molecule has 0 radical (unpaired) electrons. The van der Waals surface area contributed by atoms with Gasteiger partial charge in [0, 0.05) is 19.1 Å². The monoisotopic (exact) mass is 232 g/mol. The number of unbranched alkanes of at least 4 members (excludes halogenated alkanes) is 2. The Balaban J connectivity index is 4.15. The fraction of sp³-hybridized carbons (Fsp3) is 0.909. The van der Waals surface area contributed by atoms with E-state index >= 15 is 0 Å². The molecule has 0 aliphatic rings. The summed E-state index contributed by atoms with van der Waals surface area (Å²) >= 11 is 0. The first-order valence-corrected chi connectivity index (χ1v) is 5.92. The summed E-state index contributed by atoms with van der Waals surface area (Å²) in [5.41, 5.74) is 5.65. The highest BCUT2D eigenvalue weighted by Crippen LogP contribution is 2.09. The molecule has 1 unspecified atom stereocenters. The summed E-state index contributed by atoms with van der Waals surface area (Å²) in [5, 5.41) is 17.7. The number of carboxylic acid groups (broad SMARTS) is 1. The molecule has 0 amide bonds. The molecule has 0 rings (SSSR count). The van der Waals surface area contributed by atoms with E-state index in [1.54, 1.807) is 4.90 Å². The molecule has 0 saturated carbocycles. The number of hydrogen-bond acceptors (Lipinski definition) is 4. The van der Waals surface area contributed by atoms with Crippen LogP contribution in [0.4, 0.5) is 0 Å². The molecule has 0 aromatic heterocycles. The number of carbonyl (C=O) groups is 1. The molecule has 4 N–H and O–H groups in total. The van der Waals surface area contributed by atoms with Crippen LogP contribution in [-0.2, 0) is 4.79 Å². The van der Waals surface area contributed by atoms with Crippen LogP contribution in [0, 0.1) is 0 Å². The van der Waals surface area contributed by atoms with Gasteiger partial charge >= 0.3 is 5.97 Å². The van der Waals surface area contributed by atoms with Crippen molar-refractivity contribution in [3.63, 3.8) is 0 Å². The van der Waals surface area contributed by atoms with Gasteiger partial charge in [0.1, 0.15) is 0 Å². The Kier molecular flexibility index (Phi) is 9.18. The number of aliphatic hydroxyl groups is 1.